The quantitative estimate of drug-likeness (QED) is 0.340. The fourth-order valence-corrected chi connectivity index (χ4v) is 4.33. The first-order valence-corrected chi connectivity index (χ1v) is 11.1. The number of aromatic nitrogens is 1. The number of hydrogen-bond donors (Lipinski definition) is 4. The molecule has 0 unspecified atom stereocenters. The van der Waals surface area contributed by atoms with Gasteiger partial charge in [0.1, 0.15) is 0 Å². The molecule has 0 aliphatic rings. The normalized spacial score (nSPS) is 11.2. The summed E-state index contributed by atoms with van der Waals surface area (Å²) in [6, 6.07) is 15.8. The van der Waals surface area contributed by atoms with Crippen LogP contribution >= 0.6 is 0 Å². The number of carbonyl (C=O) groups is 1. The Hall–Kier alpha value is -3.46. The van der Waals surface area contributed by atoms with E-state index in [0.29, 0.717) is 23.0 Å². The molecule has 0 fully saturated rings. The van der Waals surface area contributed by atoms with E-state index in [0.717, 1.165) is 12.0 Å². The summed E-state index contributed by atoms with van der Waals surface area (Å²) in [6.45, 7) is 1.91. The summed E-state index contributed by atoms with van der Waals surface area (Å²) < 4.78 is 27.5. The Kier molecular flexibility index (Phi) is 6.31. The topological polar surface area (TPSA) is 138 Å². The molecular weight excluding hydrogens is 402 g/mol. The standard InChI is InChI=1S/C21H23N5O3S/c1-2-3-12-30(28,29)26-17-11-7-10-16-19(17)15(20(27)25-21(22)23)13-18(24-16)14-8-5-4-6-9-14/h4-11,13,26H,2-3,12H2,1H3,(H4,22,23,25,27). The van der Waals surface area contributed by atoms with Gasteiger partial charge in [0, 0.05) is 10.9 Å². The number of nitrogens with two attached hydrogens (primary N) is 1. The summed E-state index contributed by atoms with van der Waals surface area (Å²) in [5.41, 5.74) is 7.55. The van der Waals surface area contributed by atoms with E-state index >= 15 is 0 Å². The summed E-state index contributed by atoms with van der Waals surface area (Å²) in [6.07, 6.45) is 1.26. The lowest BCUT2D eigenvalue weighted by Gasteiger charge is -2.15. The largest absolute Gasteiger partial charge is 0.370 e. The third-order valence-corrected chi connectivity index (χ3v) is 5.79. The third-order valence-electron chi connectivity index (χ3n) is 4.43. The zero-order valence-corrected chi connectivity index (χ0v) is 17.3. The second-order valence-corrected chi connectivity index (χ2v) is 8.60. The Labute approximate surface area is 175 Å². The number of anilines is 1. The van der Waals surface area contributed by atoms with Crippen molar-refractivity contribution in [2.75, 3.05) is 10.5 Å². The third kappa shape index (κ3) is 4.93. The summed E-state index contributed by atoms with van der Waals surface area (Å²) in [5.74, 6) is -1.15. The van der Waals surface area contributed by atoms with Crippen molar-refractivity contribution in [1.29, 1.82) is 5.41 Å². The van der Waals surface area contributed by atoms with Crippen LogP contribution in [0.3, 0.4) is 0 Å². The van der Waals surface area contributed by atoms with E-state index in [9.17, 15) is 13.2 Å². The van der Waals surface area contributed by atoms with Crippen LogP contribution in [0.4, 0.5) is 5.69 Å². The number of nitrogens with one attached hydrogen (secondary N) is 3. The van der Waals surface area contributed by atoms with Crippen molar-refractivity contribution in [3.63, 3.8) is 0 Å². The van der Waals surface area contributed by atoms with Gasteiger partial charge in [0.25, 0.3) is 5.91 Å². The SMILES string of the molecule is CCCCS(=O)(=O)Nc1cccc2nc(-c3ccccc3)cc(C(=O)NC(=N)N)c12. The lowest BCUT2D eigenvalue weighted by Crippen LogP contribution is -2.35. The van der Waals surface area contributed by atoms with Gasteiger partial charge in [-0.05, 0) is 24.6 Å². The van der Waals surface area contributed by atoms with Crippen LogP contribution in [0.2, 0.25) is 0 Å². The second-order valence-electron chi connectivity index (χ2n) is 6.76. The second kappa shape index (κ2) is 8.91. The summed E-state index contributed by atoms with van der Waals surface area (Å²) in [5, 5.41) is 10.0. The maximum Gasteiger partial charge on any atom is 0.258 e. The molecule has 156 valence electrons. The van der Waals surface area contributed by atoms with Gasteiger partial charge in [-0.3, -0.25) is 20.2 Å². The van der Waals surface area contributed by atoms with Crippen molar-refractivity contribution in [3.8, 4) is 11.3 Å². The highest BCUT2D eigenvalue weighted by Crippen LogP contribution is 2.30. The fraction of sp³-hybridized carbons (Fsp3) is 0.190. The predicted molar refractivity (Wildman–Crippen MR) is 119 cm³/mol. The van der Waals surface area contributed by atoms with Gasteiger partial charge < -0.3 is 5.73 Å². The molecule has 5 N–H and O–H groups in total. The van der Waals surface area contributed by atoms with Crippen LogP contribution in [0.25, 0.3) is 22.2 Å². The van der Waals surface area contributed by atoms with Crippen molar-refractivity contribution in [1.82, 2.24) is 10.3 Å². The average Bonchev–Trinajstić information content (AvgIpc) is 2.71. The van der Waals surface area contributed by atoms with Crippen molar-refractivity contribution in [2.45, 2.75) is 19.8 Å². The molecule has 1 aromatic heterocycles. The molecule has 8 nitrogen and oxygen atoms in total. The minimum atomic E-state index is -3.59. The van der Waals surface area contributed by atoms with Crippen LogP contribution in [0, 0.1) is 5.41 Å². The lowest BCUT2D eigenvalue weighted by atomic mass is 10.0. The zero-order chi connectivity index (χ0) is 21.7. The van der Waals surface area contributed by atoms with Crippen molar-refractivity contribution in [2.24, 2.45) is 5.73 Å². The van der Waals surface area contributed by atoms with Gasteiger partial charge in [0.15, 0.2) is 5.96 Å². The molecule has 0 aliphatic carbocycles. The van der Waals surface area contributed by atoms with Gasteiger partial charge in [0.2, 0.25) is 10.0 Å². The van der Waals surface area contributed by atoms with Crippen molar-refractivity contribution >= 4 is 38.5 Å². The van der Waals surface area contributed by atoms with E-state index in [1.54, 1.807) is 24.3 Å². The highest BCUT2D eigenvalue weighted by Gasteiger charge is 2.20. The number of guanidine groups is 1. The number of pyridine rings is 1. The van der Waals surface area contributed by atoms with E-state index in [2.05, 4.69) is 15.0 Å². The molecule has 2 aromatic carbocycles. The molecule has 3 aromatic rings. The fourth-order valence-electron chi connectivity index (χ4n) is 3.05. The van der Waals surface area contributed by atoms with E-state index in [1.165, 1.54) is 0 Å². The van der Waals surface area contributed by atoms with Crippen LogP contribution < -0.4 is 15.8 Å². The molecule has 0 radical (unpaired) electrons. The Bertz CT molecular complexity index is 1190. The van der Waals surface area contributed by atoms with E-state index in [1.807, 2.05) is 37.3 Å². The predicted octanol–water partition coefficient (Wildman–Crippen LogP) is 3.07. The summed E-state index contributed by atoms with van der Waals surface area (Å²) in [7, 11) is -3.59. The highest BCUT2D eigenvalue weighted by molar-refractivity contribution is 7.92. The molecule has 9 heteroatoms. The lowest BCUT2D eigenvalue weighted by molar-refractivity contribution is 0.0978. The molecule has 0 spiro atoms. The molecule has 3 rings (SSSR count). The van der Waals surface area contributed by atoms with Gasteiger partial charge in [-0.15, -0.1) is 0 Å². The highest BCUT2D eigenvalue weighted by atomic mass is 32.2. The first-order valence-electron chi connectivity index (χ1n) is 9.46. The molecule has 0 saturated carbocycles. The molecular formula is C21H23N5O3S. The number of fused-ring (bicyclic) bond motifs is 1. The zero-order valence-electron chi connectivity index (χ0n) is 16.5. The van der Waals surface area contributed by atoms with Gasteiger partial charge in [0.05, 0.1) is 28.2 Å². The van der Waals surface area contributed by atoms with Gasteiger partial charge in [-0.1, -0.05) is 49.7 Å². The number of carbonyl (C=O) groups excluding carboxylic acids is 1. The molecule has 1 heterocycles. The van der Waals surface area contributed by atoms with Crippen LogP contribution in [-0.2, 0) is 10.0 Å². The Balaban J connectivity index is 2.20. The molecule has 0 saturated heterocycles. The van der Waals surface area contributed by atoms with Crippen LogP contribution in [0.5, 0.6) is 0 Å². The maximum absolute atomic E-state index is 12.8. The Morgan fingerprint density at radius 2 is 1.87 bits per heavy atom. The number of amides is 1. The molecule has 1 amide bonds. The molecule has 0 aliphatic heterocycles. The van der Waals surface area contributed by atoms with Gasteiger partial charge in [-0.25, -0.2) is 13.4 Å². The van der Waals surface area contributed by atoms with E-state index < -0.39 is 21.9 Å². The number of nitrogens with zero attached hydrogens (tertiary/aromatic N) is 1. The van der Waals surface area contributed by atoms with Gasteiger partial charge in [-0.2, -0.15) is 0 Å². The molecule has 0 bridgehead atoms. The number of hydrogen-bond acceptors (Lipinski definition) is 5. The molecule has 0 atom stereocenters. The first-order chi connectivity index (χ1) is 14.3. The van der Waals surface area contributed by atoms with Crippen LogP contribution in [0.1, 0.15) is 30.1 Å². The number of unbranched alkanes of at least 4 members (excludes halogenated alkanes) is 1. The number of rotatable bonds is 7. The minimum absolute atomic E-state index is 0.0234. The van der Waals surface area contributed by atoms with Crippen LogP contribution in [0.15, 0.2) is 54.6 Å². The van der Waals surface area contributed by atoms with E-state index in [-0.39, 0.29) is 17.0 Å². The summed E-state index contributed by atoms with van der Waals surface area (Å²) in [4.78, 5) is 17.4. The monoisotopic (exact) mass is 425 g/mol. The minimum Gasteiger partial charge on any atom is -0.370 e. The van der Waals surface area contributed by atoms with Crippen molar-refractivity contribution in [3.05, 3.63) is 60.2 Å². The first kappa shape index (κ1) is 21.3. The number of benzene rings is 2. The van der Waals surface area contributed by atoms with E-state index in [4.69, 9.17) is 11.1 Å². The van der Waals surface area contributed by atoms with Crippen molar-refractivity contribution < 1.29 is 13.2 Å². The summed E-state index contributed by atoms with van der Waals surface area (Å²) >= 11 is 0. The number of sulfonamides is 1. The van der Waals surface area contributed by atoms with Gasteiger partial charge >= 0.3 is 0 Å². The average molecular weight is 426 g/mol. The van der Waals surface area contributed by atoms with Crippen LogP contribution in [-0.4, -0.2) is 31.0 Å². The maximum atomic E-state index is 12.8. The Morgan fingerprint density at radius 1 is 1.13 bits per heavy atom. The Morgan fingerprint density at radius 3 is 2.53 bits per heavy atom. The smallest absolute Gasteiger partial charge is 0.258 e. The molecule has 30 heavy (non-hydrogen) atoms.